The van der Waals surface area contributed by atoms with E-state index in [-0.39, 0.29) is 55.3 Å². The lowest BCUT2D eigenvalue weighted by Crippen LogP contribution is -2.45. The molecule has 0 aliphatic heterocycles. The smallest absolute Gasteiger partial charge is 0.272 e. The summed E-state index contributed by atoms with van der Waals surface area (Å²) in [4.78, 5) is 96.0. The van der Waals surface area contributed by atoms with Crippen molar-refractivity contribution in [3.8, 4) is 40.9 Å². The quantitative estimate of drug-likeness (QED) is 0.0129. The second kappa shape index (κ2) is 46.1. The molecule has 0 saturated carbocycles. The van der Waals surface area contributed by atoms with E-state index in [1.807, 2.05) is 12.1 Å². The molecule has 126 heavy (non-hydrogen) atoms. The summed E-state index contributed by atoms with van der Waals surface area (Å²) in [6.45, 7) is 41.6. The molecule has 5 atom stereocenters. The summed E-state index contributed by atoms with van der Waals surface area (Å²) < 4.78 is 39.9. The van der Waals surface area contributed by atoms with Gasteiger partial charge in [-0.15, -0.1) is 0 Å². The molecule has 0 saturated heterocycles. The van der Waals surface area contributed by atoms with Gasteiger partial charge in [-0.25, -0.2) is 23.8 Å². The molecule has 10 rings (SSSR count). The fraction of sp³-hybridized carbons (Fsp3) is 0.217. The van der Waals surface area contributed by atoms with Crippen LogP contribution < -0.4 is 55.6 Å². The van der Waals surface area contributed by atoms with Crippen LogP contribution in [-0.2, 0) is 28.8 Å². The summed E-state index contributed by atoms with van der Waals surface area (Å²) in [5, 5.41) is 96.2. The van der Waals surface area contributed by atoms with Crippen molar-refractivity contribution < 1.29 is 87.3 Å². The molecule has 0 aliphatic carbocycles. The van der Waals surface area contributed by atoms with Gasteiger partial charge in [0.2, 0.25) is 11.6 Å². The number of aliphatic hydroxyl groups is 5. The van der Waals surface area contributed by atoms with Crippen molar-refractivity contribution in [3.05, 3.63) is 317 Å². The van der Waals surface area contributed by atoms with Crippen LogP contribution >= 0.6 is 23.2 Å². The van der Waals surface area contributed by atoms with Crippen molar-refractivity contribution in [1.29, 1.82) is 10.5 Å². The maximum Gasteiger partial charge on any atom is 0.272 e. The summed E-state index contributed by atoms with van der Waals surface area (Å²) >= 11 is 11.7. The topological polar surface area (TPSA) is 430 Å². The third kappa shape index (κ3) is 31.6. The number of carbonyl (C=O) groups is 6. The molecule has 31 nitrogen and oxygen atoms in total. The molecule has 34 heteroatoms. The van der Waals surface area contributed by atoms with Gasteiger partial charge in [-0.2, -0.15) is 10.5 Å². The highest BCUT2D eigenvalue weighted by atomic mass is 35.5. The average molecular weight is 1750 g/mol. The van der Waals surface area contributed by atoms with Gasteiger partial charge >= 0.3 is 0 Å². The number of amides is 6. The van der Waals surface area contributed by atoms with Gasteiger partial charge < -0.3 is 81.1 Å². The van der Waals surface area contributed by atoms with E-state index in [0.717, 1.165) is 16.7 Å². The first-order chi connectivity index (χ1) is 59.4. The lowest BCUT2D eigenvalue weighted by Gasteiger charge is -2.22. The summed E-state index contributed by atoms with van der Waals surface area (Å²) in [6.07, 6.45) is 0. The fourth-order valence-electron chi connectivity index (χ4n) is 10.1. The van der Waals surface area contributed by atoms with Crippen molar-refractivity contribution in [2.24, 2.45) is 0 Å². The molecule has 0 bridgehead atoms. The molecule has 0 aliphatic rings. The Morgan fingerprint density at radius 2 is 0.635 bits per heavy atom. The van der Waals surface area contributed by atoms with Gasteiger partial charge in [0.05, 0.1) is 54.5 Å². The zero-order valence-electron chi connectivity index (χ0n) is 69.6. The number of ether oxygens (including phenoxy) is 5. The molecule has 10 aromatic carbocycles. The largest absolute Gasteiger partial charge is 0.490 e. The van der Waals surface area contributed by atoms with Crippen LogP contribution in [-0.4, -0.2) is 127 Å². The van der Waals surface area contributed by atoms with Crippen LogP contribution in [0.4, 0.5) is 67.0 Å². The van der Waals surface area contributed by atoms with Crippen LogP contribution in [0.15, 0.2) is 212 Å². The zero-order valence-corrected chi connectivity index (χ0v) is 71.1. The Balaban J connectivity index is 0.000000243. The molecule has 0 radical (unpaired) electrons. The fourth-order valence-corrected chi connectivity index (χ4v) is 10.5. The lowest BCUT2D eigenvalue weighted by atomic mass is 10.1. The summed E-state index contributed by atoms with van der Waals surface area (Å²) in [5.74, 6) is -1.69. The molecule has 0 aromatic heterocycles. The Morgan fingerprint density at radius 1 is 0.389 bits per heavy atom. The number of nitriles is 2. The molecule has 6 amide bonds. The Morgan fingerprint density at radius 3 is 0.889 bits per heavy atom. The highest BCUT2D eigenvalue weighted by Gasteiger charge is 2.36. The minimum absolute atomic E-state index is 0.0594. The number of anilines is 6. The number of hydrogen-bond acceptors (Lipinski definition) is 20. The Labute approximate surface area is 735 Å². The molecular formula is C92H86Cl2FN13O18. The monoisotopic (exact) mass is 1750 g/mol. The van der Waals surface area contributed by atoms with E-state index in [1.165, 1.54) is 102 Å². The van der Waals surface area contributed by atoms with Gasteiger partial charge in [0.15, 0.2) is 45.1 Å². The van der Waals surface area contributed by atoms with Gasteiger partial charge in [0, 0.05) is 62.7 Å². The van der Waals surface area contributed by atoms with Crippen LogP contribution in [0.25, 0.3) is 19.4 Å². The SMILES string of the molecule is CC(=O)Nc1ccc(OC[C@](C)(O)C(=O)Nc2ccc([N+](=O)[O-])c(C)c2)cc1.[C-]#[N+]c1ccc(NC(=O)[C@@](C)(O)COc2ccc(C#N)cc2)cc1C.[C-]#[N+]c1ccc(NC(=O)[C@@](C)(O)COc2ccc(C#N)cc2)cc1Cl.[C-]#[N+]c1ccc(NC(=O)[C@@](C)(O)COc2ccc(Cl)cc2)cc1C.[C-]#[N+]c1ccc(NC(=O)[C@@](C)(O)COc2ccc(F)cc2)cc1C. The first-order valence-corrected chi connectivity index (χ1v) is 38.3. The summed E-state index contributed by atoms with van der Waals surface area (Å²) in [5.41, 5.74) is -0.789. The van der Waals surface area contributed by atoms with E-state index in [2.05, 4.69) is 51.3 Å². The number of nitrogens with zero attached hydrogens (tertiary/aromatic N) is 7. The van der Waals surface area contributed by atoms with Crippen LogP contribution in [0.5, 0.6) is 28.7 Å². The van der Waals surface area contributed by atoms with Crippen molar-refractivity contribution in [2.45, 2.75) is 97.2 Å². The van der Waals surface area contributed by atoms with E-state index in [0.29, 0.717) is 102 Å². The minimum Gasteiger partial charge on any atom is -0.490 e. The summed E-state index contributed by atoms with van der Waals surface area (Å²) in [7, 11) is 0. The second-order valence-corrected chi connectivity index (χ2v) is 29.7. The predicted molar refractivity (Wildman–Crippen MR) is 473 cm³/mol. The number of nitro benzene ring substituents is 1. The number of rotatable bonds is 27. The Hall–Kier alpha value is -15.3. The van der Waals surface area contributed by atoms with E-state index < -0.39 is 68.3 Å². The number of halogens is 3. The number of nitro groups is 1. The van der Waals surface area contributed by atoms with Crippen LogP contribution in [0.2, 0.25) is 10.0 Å². The minimum atomic E-state index is -1.84. The molecule has 0 spiro atoms. The lowest BCUT2D eigenvalue weighted by molar-refractivity contribution is -0.385. The van der Waals surface area contributed by atoms with Crippen molar-refractivity contribution in [1.82, 2.24) is 0 Å². The molecule has 0 heterocycles. The van der Waals surface area contributed by atoms with Gasteiger partial charge in [0.25, 0.3) is 35.2 Å². The zero-order chi connectivity index (χ0) is 93.3. The standard InChI is InChI=1S/C19H21N3O6.C19H17N3O3.C18H14ClN3O3.C18H17ClN2O3.C18H17FN2O3/c1-12-10-15(6-9-17(12)22(26)27)21-18(24)19(3,25)11-28-16-7-4-14(5-8-16)20-13(2)23;1-13-10-15(6-9-17(13)21-3)22-18(23)19(2,24)12-25-16-7-4-14(11-20)5-8-16;1-18(24,11-25-14-6-3-12(10-20)4-7-14)17(23)22-13-5-8-16(21-2)15(19)9-13;2*1-12-10-14(6-9-16(12)20-3)21-17(22)18(2,23)11-24-15-7-4-13(19)5-8-15/h4-10,25H,11H2,1-3H3,(H,20,23)(H,21,24);4-10,24H,12H2,1-2H3,(H,22,23);3-9,24H,11H2,1H3,(H,22,23);2*4-10,23H,11H2,1-2H3,(H,21,22)/t2*19-;3*18-/m00000/s1. The molecule has 10 aromatic rings. The predicted octanol–water partition coefficient (Wildman–Crippen LogP) is 16.8. The Bertz CT molecular complexity index is 5560. The van der Waals surface area contributed by atoms with E-state index in [1.54, 1.807) is 179 Å². The van der Waals surface area contributed by atoms with Crippen molar-refractivity contribution in [2.75, 3.05) is 64.9 Å². The highest BCUT2D eigenvalue weighted by Crippen LogP contribution is 2.32. The maximum absolute atomic E-state index is 12.8. The molecule has 648 valence electrons. The van der Waals surface area contributed by atoms with E-state index in [4.69, 9.17) is 83.7 Å². The van der Waals surface area contributed by atoms with Gasteiger partial charge in [-0.3, -0.25) is 38.9 Å². The molecule has 11 N–H and O–H groups in total. The van der Waals surface area contributed by atoms with E-state index >= 15 is 0 Å². The van der Waals surface area contributed by atoms with Crippen LogP contribution in [0.1, 0.15) is 74.9 Å². The van der Waals surface area contributed by atoms with Gasteiger partial charge in [0.1, 0.15) is 67.6 Å². The first kappa shape index (κ1) is 99.5. The number of benzene rings is 10. The first-order valence-electron chi connectivity index (χ1n) is 37.5. The van der Waals surface area contributed by atoms with Gasteiger partial charge in [-0.1, -0.05) is 47.5 Å². The number of nitrogens with one attached hydrogen (secondary N) is 6. The van der Waals surface area contributed by atoms with E-state index in [9.17, 15) is 68.8 Å². The Kier molecular flexibility index (Phi) is 36.4. The molecule has 0 fully saturated rings. The third-order valence-corrected chi connectivity index (χ3v) is 18.1. The number of carbonyl (C=O) groups excluding carboxylic acids is 6. The van der Waals surface area contributed by atoms with Gasteiger partial charge in [-0.05, 0) is 261 Å². The number of hydrogen-bond donors (Lipinski definition) is 11. The van der Waals surface area contributed by atoms with Crippen molar-refractivity contribution in [3.63, 3.8) is 0 Å². The maximum atomic E-state index is 12.8. The average Bonchev–Trinajstić information content (AvgIpc) is 0.947. The summed E-state index contributed by atoms with van der Waals surface area (Å²) in [6, 6.07) is 58.2. The highest BCUT2D eigenvalue weighted by molar-refractivity contribution is 6.33. The van der Waals surface area contributed by atoms with Crippen LogP contribution in [0.3, 0.4) is 0 Å². The van der Waals surface area contributed by atoms with Crippen LogP contribution in [0, 0.1) is 92.6 Å². The molecular weight excluding hydrogens is 1660 g/mol. The number of aryl methyl sites for hydroxylation is 4. The third-order valence-electron chi connectivity index (χ3n) is 17.5. The second-order valence-electron chi connectivity index (χ2n) is 28.8. The molecule has 0 unspecified atom stereocenters. The normalized spacial score (nSPS) is 12.6. The van der Waals surface area contributed by atoms with Crippen molar-refractivity contribution >= 4 is 121 Å².